The van der Waals surface area contributed by atoms with Crippen molar-refractivity contribution in [2.75, 3.05) is 19.6 Å². The lowest BCUT2D eigenvalue weighted by Gasteiger charge is -2.19. The van der Waals surface area contributed by atoms with Gasteiger partial charge in [0, 0.05) is 24.1 Å². The van der Waals surface area contributed by atoms with Crippen LogP contribution in [0.25, 0.3) is 0 Å². The molecule has 0 unspecified atom stereocenters. The minimum atomic E-state index is -0.255. The van der Waals surface area contributed by atoms with Crippen LogP contribution in [0, 0.1) is 5.82 Å². The predicted octanol–water partition coefficient (Wildman–Crippen LogP) is 1.91. The number of halogens is 2. The van der Waals surface area contributed by atoms with Gasteiger partial charge in [-0.15, -0.1) is 0 Å². The highest BCUT2D eigenvalue weighted by atomic mass is 79.9. The van der Waals surface area contributed by atoms with Crippen molar-refractivity contribution in [3.8, 4) is 0 Å². The van der Waals surface area contributed by atoms with Crippen LogP contribution in [0.15, 0.2) is 22.7 Å². The van der Waals surface area contributed by atoms with Gasteiger partial charge in [0.25, 0.3) is 0 Å². The quantitative estimate of drug-likeness (QED) is 0.905. The molecule has 0 atom stereocenters. The summed E-state index contributed by atoms with van der Waals surface area (Å²) in [6.07, 6.45) is 0.949. The van der Waals surface area contributed by atoms with Gasteiger partial charge in [-0.3, -0.25) is 9.69 Å². The zero-order valence-electron chi connectivity index (χ0n) is 9.38. The lowest BCUT2D eigenvalue weighted by Crippen LogP contribution is -2.32. The lowest BCUT2D eigenvalue weighted by molar-refractivity contribution is -0.121. The summed E-state index contributed by atoms with van der Waals surface area (Å²) in [5, 5.41) is 2.83. The van der Waals surface area contributed by atoms with Crippen LogP contribution in [0.4, 0.5) is 4.39 Å². The van der Waals surface area contributed by atoms with Gasteiger partial charge >= 0.3 is 0 Å². The molecule has 1 heterocycles. The molecule has 0 radical (unpaired) electrons. The van der Waals surface area contributed by atoms with Gasteiger partial charge in [-0.25, -0.2) is 4.39 Å². The van der Waals surface area contributed by atoms with Crippen LogP contribution in [0.1, 0.15) is 12.0 Å². The molecular weight excluding hydrogens is 287 g/mol. The van der Waals surface area contributed by atoms with Crippen LogP contribution >= 0.6 is 15.9 Å². The SMILES string of the molecule is O=C1CN(Cc2ccc(F)cc2Br)CCCN1. The van der Waals surface area contributed by atoms with Crippen molar-refractivity contribution in [3.63, 3.8) is 0 Å². The summed E-state index contributed by atoms with van der Waals surface area (Å²) in [7, 11) is 0. The Labute approximate surface area is 108 Å². The normalized spacial score (nSPS) is 17.6. The summed E-state index contributed by atoms with van der Waals surface area (Å²) >= 11 is 3.34. The Kier molecular flexibility index (Phi) is 4.12. The van der Waals surface area contributed by atoms with Gasteiger partial charge in [0.05, 0.1) is 6.54 Å². The van der Waals surface area contributed by atoms with Crippen LogP contribution in [-0.2, 0) is 11.3 Å². The molecule has 0 spiro atoms. The van der Waals surface area contributed by atoms with Crippen molar-refractivity contribution in [2.45, 2.75) is 13.0 Å². The number of amides is 1. The van der Waals surface area contributed by atoms with Crippen molar-refractivity contribution in [1.29, 1.82) is 0 Å². The third-order valence-corrected chi connectivity index (χ3v) is 3.49. The van der Waals surface area contributed by atoms with Crippen LogP contribution in [0.3, 0.4) is 0 Å². The summed E-state index contributed by atoms with van der Waals surface area (Å²) in [6.45, 7) is 2.68. The predicted molar refractivity (Wildman–Crippen MR) is 67.0 cm³/mol. The topological polar surface area (TPSA) is 32.3 Å². The standard InChI is InChI=1S/C12H14BrFN2O/c13-11-6-10(14)3-2-9(11)7-16-5-1-4-15-12(17)8-16/h2-3,6H,1,4-5,7-8H2,(H,15,17). The smallest absolute Gasteiger partial charge is 0.234 e. The molecule has 1 saturated heterocycles. The summed E-state index contributed by atoms with van der Waals surface area (Å²) in [4.78, 5) is 13.5. The van der Waals surface area contributed by atoms with Crippen LogP contribution in [0.2, 0.25) is 0 Å². The monoisotopic (exact) mass is 300 g/mol. The molecule has 92 valence electrons. The second-order valence-electron chi connectivity index (χ2n) is 4.15. The average molecular weight is 301 g/mol. The fourth-order valence-corrected chi connectivity index (χ4v) is 2.37. The molecule has 1 aromatic carbocycles. The van der Waals surface area contributed by atoms with E-state index in [0.29, 0.717) is 13.1 Å². The van der Waals surface area contributed by atoms with E-state index in [4.69, 9.17) is 0 Å². The first kappa shape index (κ1) is 12.5. The van der Waals surface area contributed by atoms with Crippen molar-refractivity contribution in [3.05, 3.63) is 34.1 Å². The number of hydrogen-bond donors (Lipinski definition) is 1. The molecule has 0 aliphatic carbocycles. The van der Waals surface area contributed by atoms with Crippen LogP contribution in [-0.4, -0.2) is 30.4 Å². The van der Waals surface area contributed by atoms with Crippen molar-refractivity contribution < 1.29 is 9.18 Å². The second-order valence-corrected chi connectivity index (χ2v) is 5.00. The fraction of sp³-hybridized carbons (Fsp3) is 0.417. The third kappa shape index (κ3) is 3.51. The number of nitrogens with zero attached hydrogens (tertiary/aromatic N) is 1. The molecule has 1 fully saturated rings. The molecule has 17 heavy (non-hydrogen) atoms. The summed E-state index contributed by atoms with van der Waals surface area (Å²) < 4.78 is 13.7. The molecule has 0 bridgehead atoms. The number of carbonyl (C=O) groups excluding carboxylic acids is 1. The first-order valence-electron chi connectivity index (χ1n) is 5.58. The lowest BCUT2D eigenvalue weighted by atomic mass is 10.2. The summed E-state index contributed by atoms with van der Waals surface area (Å²) in [5.74, 6) is -0.199. The molecule has 0 saturated carbocycles. The number of nitrogens with one attached hydrogen (secondary N) is 1. The maximum Gasteiger partial charge on any atom is 0.234 e. The van der Waals surface area contributed by atoms with Crippen molar-refractivity contribution in [2.24, 2.45) is 0 Å². The minimum absolute atomic E-state index is 0.0562. The summed E-state index contributed by atoms with van der Waals surface area (Å²) in [6, 6.07) is 4.65. The first-order valence-corrected chi connectivity index (χ1v) is 6.37. The molecule has 1 aromatic rings. The maximum atomic E-state index is 12.9. The molecule has 1 N–H and O–H groups in total. The van der Waals surface area contributed by atoms with Crippen LogP contribution < -0.4 is 5.32 Å². The van der Waals surface area contributed by atoms with Gasteiger partial charge in [0.15, 0.2) is 0 Å². The van der Waals surface area contributed by atoms with E-state index < -0.39 is 0 Å². The van der Waals surface area contributed by atoms with E-state index in [0.717, 1.165) is 29.5 Å². The Morgan fingerprint density at radius 3 is 3.06 bits per heavy atom. The van der Waals surface area contributed by atoms with Gasteiger partial charge in [-0.1, -0.05) is 22.0 Å². The van der Waals surface area contributed by atoms with Gasteiger partial charge in [0.2, 0.25) is 5.91 Å². The average Bonchev–Trinajstić information content (AvgIpc) is 2.47. The molecule has 1 amide bonds. The van der Waals surface area contributed by atoms with E-state index in [1.807, 2.05) is 0 Å². The third-order valence-electron chi connectivity index (χ3n) is 2.75. The molecular formula is C12H14BrFN2O. The van der Waals surface area contributed by atoms with E-state index in [1.165, 1.54) is 12.1 Å². The number of carbonyl (C=O) groups is 1. The molecule has 0 aromatic heterocycles. The van der Waals surface area contributed by atoms with Gasteiger partial charge in [-0.2, -0.15) is 0 Å². The Bertz CT molecular complexity index is 425. The zero-order valence-corrected chi connectivity index (χ0v) is 11.0. The van der Waals surface area contributed by atoms with E-state index in [-0.39, 0.29) is 11.7 Å². The fourth-order valence-electron chi connectivity index (χ4n) is 1.89. The largest absolute Gasteiger partial charge is 0.355 e. The molecule has 1 aliphatic heterocycles. The highest BCUT2D eigenvalue weighted by Gasteiger charge is 2.15. The maximum absolute atomic E-state index is 12.9. The highest BCUT2D eigenvalue weighted by Crippen LogP contribution is 2.20. The van der Waals surface area contributed by atoms with E-state index in [9.17, 15) is 9.18 Å². The van der Waals surface area contributed by atoms with Gasteiger partial charge in [0.1, 0.15) is 5.82 Å². The minimum Gasteiger partial charge on any atom is -0.355 e. The molecule has 1 aliphatic rings. The second kappa shape index (κ2) is 5.60. The highest BCUT2D eigenvalue weighted by molar-refractivity contribution is 9.10. The van der Waals surface area contributed by atoms with E-state index in [2.05, 4.69) is 26.1 Å². The van der Waals surface area contributed by atoms with Crippen molar-refractivity contribution >= 4 is 21.8 Å². The number of hydrogen-bond acceptors (Lipinski definition) is 2. The van der Waals surface area contributed by atoms with Crippen LogP contribution in [0.5, 0.6) is 0 Å². The Balaban J connectivity index is 2.06. The Hall–Kier alpha value is -0.940. The van der Waals surface area contributed by atoms with Gasteiger partial charge in [-0.05, 0) is 24.1 Å². The molecule has 5 heteroatoms. The summed E-state index contributed by atoms with van der Waals surface area (Å²) in [5.41, 5.74) is 1.00. The number of benzene rings is 1. The van der Waals surface area contributed by atoms with Crippen molar-refractivity contribution in [1.82, 2.24) is 10.2 Å². The zero-order chi connectivity index (χ0) is 12.3. The molecule has 3 nitrogen and oxygen atoms in total. The Morgan fingerprint density at radius 2 is 2.29 bits per heavy atom. The Morgan fingerprint density at radius 1 is 1.47 bits per heavy atom. The van der Waals surface area contributed by atoms with Gasteiger partial charge < -0.3 is 5.32 Å². The molecule has 2 rings (SSSR count). The number of rotatable bonds is 2. The van der Waals surface area contributed by atoms with E-state index in [1.54, 1.807) is 6.07 Å². The first-order chi connectivity index (χ1) is 8.15. The van der Waals surface area contributed by atoms with E-state index >= 15 is 0 Å².